The first kappa shape index (κ1) is 78.0. The number of rotatable bonds is 67. The van der Waals surface area contributed by atoms with Crippen molar-refractivity contribution in [2.45, 2.75) is 270 Å². The molecule has 0 aliphatic heterocycles. The van der Waals surface area contributed by atoms with Crippen LogP contribution in [0.1, 0.15) is 258 Å². The summed E-state index contributed by atoms with van der Waals surface area (Å²) in [7, 11) is 0. The first-order valence-electron chi connectivity index (χ1n) is 34.5. The fourth-order valence-corrected chi connectivity index (χ4v) is 10.4. The average Bonchev–Trinajstić information content (AvgIpc) is 3.46. The van der Waals surface area contributed by atoms with Crippen molar-refractivity contribution in [1.82, 2.24) is 41.7 Å². The number of unbranched alkanes of at least 4 members (excludes halogenated alkanes) is 24. The number of amides is 2. The van der Waals surface area contributed by atoms with Gasteiger partial charge in [0.2, 0.25) is 11.8 Å². The van der Waals surface area contributed by atoms with Gasteiger partial charge in [0.15, 0.2) is 0 Å². The molecular formula is C66H138N12O2. The van der Waals surface area contributed by atoms with Crippen molar-refractivity contribution in [2.24, 2.45) is 22.9 Å². The predicted octanol–water partition coefficient (Wildman–Crippen LogP) is 10.7. The van der Waals surface area contributed by atoms with Crippen LogP contribution in [-0.4, -0.2) is 152 Å². The number of carbonyl (C=O) groups excluding carboxylic acids is 2. The quantitative estimate of drug-likeness (QED) is 0.0203. The first-order chi connectivity index (χ1) is 39.5. The van der Waals surface area contributed by atoms with E-state index in [1.54, 1.807) is 0 Å². The van der Waals surface area contributed by atoms with E-state index >= 15 is 0 Å². The van der Waals surface area contributed by atoms with Gasteiger partial charge in [-0.2, -0.15) is 0 Å². The zero-order chi connectivity index (χ0) is 58.1. The van der Waals surface area contributed by atoms with E-state index in [4.69, 9.17) is 22.9 Å². The normalized spacial score (nSPS) is 12.8. The molecule has 0 aliphatic rings. The molecule has 0 spiro atoms. The molecule has 2 amide bonds. The topological polar surface area (TPSA) is 217 Å². The third kappa shape index (κ3) is 56.5. The Bertz CT molecular complexity index is 1210. The van der Waals surface area contributed by atoms with E-state index in [9.17, 15) is 9.59 Å². The lowest BCUT2D eigenvalue weighted by Gasteiger charge is -2.28. The number of nitrogens with one attached hydrogen (secondary N) is 6. The maximum absolute atomic E-state index is 13.5. The van der Waals surface area contributed by atoms with Crippen molar-refractivity contribution in [3.05, 3.63) is 24.3 Å². The van der Waals surface area contributed by atoms with E-state index in [-0.39, 0.29) is 23.9 Å². The van der Waals surface area contributed by atoms with E-state index in [0.717, 1.165) is 143 Å². The van der Waals surface area contributed by atoms with Crippen molar-refractivity contribution in [2.75, 3.05) is 118 Å². The molecule has 0 aromatic heterocycles. The van der Waals surface area contributed by atoms with Gasteiger partial charge in [-0.1, -0.05) is 154 Å². The van der Waals surface area contributed by atoms with Crippen LogP contribution in [0.2, 0.25) is 0 Å². The molecule has 0 radical (unpaired) electrons. The van der Waals surface area contributed by atoms with Gasteiger partial charge >= 0.3 is 0 Å². The van der Waals surface area contributed by atoms with Gasteiger partial charge in [0, 0.05) is 26.2 Å². The molecule has 474 valence electrons. The molecule has 0 aliphatic carbocycles. The van der Waals surface area contributed by atoms with Crippen LogP contribution in [0, 0.1) is 0 Å². The molecule has 80 heavy (non-hydrogen) atoms. The predicted molar refractivity (Wildman–Crippen MR) is 350 cm³/mol. The Morgan fingerprint density at radius 3 is 0.950 bits per heavy atom. The van der Waals surface area contributed by atoms with Crippen LogP contribution in [0.25, 0.3) is 0 Å². The number of nitrogens with zero attached hydrogens (tertiary/aromatic N) is 2. The highest BCUT2D eigenvalue weighted by Crippen LogP contribution is 2.13. The molecular weight excluding hydrogens is 993 g/mol. The third-order valence-corrected chi connectivity index (χ3v) is 15.6. The molecule has 0 bridgehead atoms. The minimum absolute atomic E-state index is 0.103. The lowest BCUT2D eigenvalue weighted by atomic mass is 10.1. The molecule has 2 atom stereocenters. The Kier molecular flexibility index (Phi) is 64.5. The van der Waals surface area contributed by atoms with Gasteiger partial charge < -0.3 is 64.6 Å². The summed E-state index contributed by atoms with van der Waals surface area (Å²) < 4.78 is 0. The SMILES string of the molecule is CCCCCCCC/C=C\CCCCCCCCN(CCCNC(=O)C(CCCNCCCN)NCCCN)CCN(CCCCCCCC/C=C\CCCCCCCC)CCCNC(=O)C(CCCNCCCN)NCCCN. The van der Waals surface area contributed by atoms with Crippen LogP contribution in [0.4, 0.5) is 0 Å². The summed E-state index contributed by atoms with van der Waals surface area (Å²) in [5.74, 6) is 0.205. The monoisotopic (exact) mass is 1130 g/mol. The number of allylic oxidation sites excluding steroid dienone is 4. The average molecular weight is 1130 g/mol. The molecule has 0 aromatic rings. The summed E-state index contributed by atoms with van der Waals surface area (Å²) in [5.41, 5.74) is 23.0. The maximum atomic E-state index is 13.5. The molecule has 0 rings (SSSR count). The molecule has 0 fully saturated rings. The van der Waals surface area contributed by atoms with Crippen molar-refractivity contribution < 1.29 is 9.59 Å². The fraction of sp³-hybridized carbons (Fsp3) is 0.909. The molecule has 0 saturated heterocycles. The first-order valence-corrected chi connectivity index (χ1v) is 34.5. The Morgan fingerprint density at radius 2 is 0.613 bits per heavy atom. The second-order valence-electron chi connectivity index (χ2n) is 23.2. The lowest BCUT2D eigenvalue weighted by Crippen LogP contribution is -2.46. The van der Waals surface area contributed by atoms with Crippen molar-refractivity contribution in [1.29, 1.82) is 0 Å². The largest absolute Gasteiger partial charge is 0.355 e. The lowest BCUT2D eigenvalue weighted by molar-refractivity contribution is -0.124. The van der Waals surface area contributed by atoms with E-state index in [0.29, 0.717) is 39.3 Å². The Labute approximate surface area is 496 Å². The summed E-state index contributed by atoms with van der Waals surface area (Å²) in [5, 5.41) is 20.5. The number of hydrogen-bond acceptors (Lipinski definition) is 12. The second-order valence-corrected chi connectivity index (χ2v) is 23.2. The van der Waals surface area contributed by atoms with Crippen molar-refractivity contribution in [3.8, 4) is 0 Å². The Balaban J connectivity index is 5.60. The molecule has 14 N–H and O–H groups in total. The molecule has 0 saturated carbocycles. The van der Waals surface area contributed by atoms with Gasteiger partial charge in [-0.3, -0.25) is 9.59 Å². The zero-order valence-corrected chi connectivity index (χ0v) is 53.1. The summed E-state index contributed by atoms with van der Waals surface area (Å²) in [6.45, 7) is 19.8. The number of carbonyl (C=O) groups is 2. The van der Waals surface area contributed by atoms with Crippen molar-refractivity contribution >= 4 is 11.8 Å². The van der Waals surface area contributed by atoms with Crippen LogP contribution < -0.4 is 54.8 Å². The molecule has 14 heteroatoms. The molecule has 0 heterocycles. The third-order valence-electron chi connectivity index (χ3n) is 15.6. The van der Waals surface area contributed by atoms with E-state index in [2.05, 4.69) is 79.9 Å². The standard InChI is InChI=1S/C66H138N12O2/c1-3-5-7-9-11-13-15-17-19-21-23-25-27-29-31-33-57-77(59-41-55-75-65(79)63(73-53-39-47-69)43-35-49-71-51-37-45-67)61-62-78(58-34-32-30-28-26-24-22-20-18-16-14-12-10-8-6-4-2)60-42-56-76-66(80)64(74-54-40-48-70)44-36-50-72-52-38-46-68/h17-20,63-64,71-74H,3-16,21-62,67-70H2,1-2H3,(H,75,79)(H,76,80)/b19-17-,20-18-. The van der Waals surface area contributed by atoms with Gasteiger partial charge in [0.1, 0.15) is 0 Å². The molecule has 0 aromatic carbocycles. The van der Waals surface area contributed by atoms with E-state index < -0.39 is 0 Å². The smallest absolute Gasteiger partial charge is 0.237 e. The zero-order valence-electron chi connectivity index (χ0n) is 53.1. The van der Waals surface area contributed by atoms with Gasteiger partial charge in [-0.15, -0.1) is 0 Å². The van der Waals surface area contributed by atoms with Crippen LogP contribution in [0.15, 0.2) is 24.3 Å². The van der Waals surface area contributed by atoms with E-state index in [1.165, 1.54) is 180 Å². The van der Waals surface area contributed by atoms with Crippen LogP contribution in [0.5, 0.6) is 0 Å². The number of hydrogen-bond donors (Lipinski definition) is 10. The molecule has 14 nitrogen and oxygen atoms in total. The second kappa shape index (κ2) is 66.2. The Hall–Kier alpha value is -1.98. The minimum atomic E-state index is -0.206. The van der Waals surface area contributed by atoms with Gasteiger partial charge in [0.25, 0.3) is 0 Å². The summed E-state index contributed by atoms with van der Waals surface area (Å²) in [4.78, 5) is 32.4. The molecule has 2 unspecified atom stereocenters. The number of nitrogens with two attached hydrogens (primary N) is 4. The van der Waals surface area contributed by atoms with Crippen LogP contribution >= 0.6 is 0 Å². The minimum Gasteiger partial charge on any atom is -0.355 e. The highest BCUT2D eigenvalue weighted by Gasteiger charge is 2.19. The highest BCUT2D eigenvalue weighted by molar-refractivity contribution is 5.82. The van der Waals surface area contributed by atoms with E-state index in [1.807, 2.05) is 0 Å². The highest BCUT2D eigenvalue weighted by atomic mass is 16.2. The van der Waals surface area contributed by atoms with Gasteiger partial charge in [-0.05, 0) is 220 Å². The van der Waals surface area contributed by atoms with Gasteiger partial charge in [-0.25, -0.2) is 0 Å². The Morgan fingerprint density at radius 1 is 0.325 bits per heavy atom. The van der Waals surface area contributed by atoms with Crippen LogP contribution in [0.3, 0.4) is 0 Å². The summed E-state index contributed by atoms with van der Waals surface area (Å²) in [6, 6.07) is -0.412. The van der Waals surface area contributed by atoms with Gasteiger partial charge in [0.05, 0.1) is 12.1 Å². The summed E-state index contributed by atoms with van der Waals surface area (Å²) >= 11 is 0. The fourth-order valence-electron chi connectivity index (χ4n) is 10.4. The van der Waals surface area contributed by atoms with Crippen LogP contribution in [-0.2, 0) is 9.59 Å². The maximum Gasteiger partial charge on any atom is 0.237 e. The summed E-state index contributed by atoms with van der Waals surface area (Å²) in [6.07, 6.45) is 55.5. The van der Waals surface area contributed by atoms with Crippen molar-refractivity contribution in [3.63, 3.8) is 0 Å².